The first-order valence-corrected chi connectivity index (χ1v) is 12.0. The Hall–Kier alpha value is -3.44. The summed E-state index contributed by atoms with van der Waals surface area (Å²) in [6.07, 6.45) is 6.68. The molecule has 1 saturated heterocycles. The summed E-state index contributed by atoms with van der Waals surface area (Å²) in [6, 6.07) is 18.7. The Kier molecular flexibility index (Phi) is 5.42. The van der Waals surface area contributed by atoms with Gasteiger partial charge >= 0.3 is 0 Å². The SMILES string of the molecule is Oc1ccc2c(c1)CCCC(c1cccnc1)=C2c1ccc2[nH]c(CN3CC(CF)C3)cc2c1. The Morgan fingerprint density at radius 1 is 1.03 bits per heavy atom. The number of rotatable bonds is 5. The number of phenols is 1. The minimum atomic E-state index is -0.222. The van der Waals surface area contributed by atoms with Crippen LogP contribution in [0.2, 0.25) is 0 Å². The third-order valence-electron chi connectivity index (χ3n) is 7.15. The van der Waals surface area contributed by atoms with Gasteiger partial charge < -0.3 is 10.1 Å². The number of H-pyrrole nitrogens is 1. The van der Waals surface area contributed by atoms with E-state index in [2.05, 4.69) is 51.3 Å². The monoisotopic (exact) mass is 453 g/mol. The molecule has 34 heavy (non-hydrogen) atoms. The lowest BCUT2D eigenvalue weighted by Gasteiger charge is -2.37. The van der Waals surface area contributed by atoms with Gasteiger partial charge in [0.2, 0.25) is 0 Å². The quantitative estimate of drug-likeness (QED) is 0.392. The number of alkyl halides is 1. The normalized spacial score (nSPS) is 17.0. The average Bonchev–Trinajstić information content (AvgIpc) is 3.14. The molecule has 2 N–H and O–H groups in total. The molecule has 1 aliphatic carbocycles. The number of pyridine rings is 1. The molecule has 0 atom stereocenters. The van der Waals surface area contributed by atoms with Gasteiger partial charge in [-0.1, -0.05) is 18.2 Å². The molecule has 2 aromatic carbocycles. The number of aromatic amines is 1. The number of phenolic OH excluding ortho intramolecular Hbond substituents is 1. The molecule has 0 amide bonds. The summed E-state index contributed by atoms with van der Waals surface area (Å²) in [5, 5.41) is 11.3. The van der Waals surface area contributed by atoms with Crippen LogP contribution in [0.5, 0.6) is 5.75 Å². The van der Waals surface area contributed by atoms with Crippen molar-refractivity contribution in [1.82, 2.24) is 14.9 Å². The second-order valence-electron chi connectivity index (χ2n) is 9.60. The van der Waals surface area contributed by atoms with Gasteiger partial charge in [0, 0.05) is 54.5 Å². The number of allylic oxidation sites excluding steroid dienone is 1. The Morgan fingerprint density at radius 3 is 2.76 bits per heavy atom. The molecule has 3 heterocycles. The molecule has 0 spiro atoms. The van der Waals surface area contributed by atoms with Crippen molar-refractivity contribution in [2.75, 3.05) is 19.8 Å². The zero-order chi connectivity index (χ0) is 23.1. The molecule has 172 valence electrons. The number of nitrogens with one attached hydrogen (secondary N) is 1. The van der Waals surface area contributed by atoms with Gasteiger partial charge in [-0.3, -0.25) is 14.3 Å². The van der Waals surface area contributed by atoms with E-state index in [1.54, 1.807) is 6.07 Å². The fraction of sp³-hybridized carbons (Fsp3) is 0.276. The van der Waals surface area contributed by atoms with Crippen molar-refractivity contribution in [1.29, 1.82) is 0 Å². The van der Waals surface area contributed by atoms with E-state index in [0.29, 0.717) is 5.75 Å². The molecule has 0 bridgehead atoms. The van der Waals surface area contributed by atoms with Gasteiger partial charge in [0.25, 0.3) is 0 Å². The number of hydrogen-bond acceptors (Lipinski definition) is 3. The first-order valence-electron chi connectivity index (χ1n) is 12.0. The lowest BCUT2D eigenvalue weighted by molar-refractivity contribution is 0.0728. The van der Waals surface area contributed by atoms with Gasteiger partial charge in [0.15, 0.2) is 0 Å². The molecule has 2 aromatic heterocycles. The van der Waals surface area contributed by atoms with Crippen molar-refractivity contribution >= 4 is 22.0 Å². The van der Waals surface area contributed by atoms with E-state index in [-0.39, 0.29) is 12.6 Å². The van der Waals surface area contributed by atoms with E-state index < -0.39 is 0 Å². The first-order chi connectivity index (χ1) is 16.7. The Balaban J connectivity index is 1.44. The third-order valence-corrected chi connectivity index (χ3v) is 7.15. The van der Waals surface area contributed by atoms with Gasteiger partial charge in [-0.15, -0.1) is 0 Å². The molecule has 2 aliphatic rings. The lowest BCUT2D eigenvalue weighted by Crippen LogP contribution is -2.46. The number of fused-ring (bicyclic) bond motifs is 2. The molecular formula is C29H28FN3O. The predicted octanol–water partition coefficient (Wildman–Crippen LogP) is 5.97. The van der Waals surface area contributed by atoms with Crippen LogP contribution in [0.4, 0.5) is 4.39 Å². The minimum absolute atomic E-state index is 0.198. The summed E-state index contributed by atoms with van der Waals surface area (Å²) in [5.74, 6) is 0.512. The van der Waals surface area contributed by atoms with Crippen LogP contribution in [0.3, 0.4) is 0 Å². The molecule has 1 aliphatic heterocycles. The molecular weight excluding hydrogens is 425 g/mol. The van der Waals surface area contributed by atoms with Gasteiger partial charge in [-0.25, -0.2) is 0 Å². The van der Waals surface area contributed by atoms with Crippen molar-refractivity contribution < 1.29 is 9.50 Å². The number of likely N-dealkylation sites (tertiary alicyclic amines) is 1. The van der Waals surface area contributed by atoms with E-state index in [1.807, 2.05) is 24.5 Å². The second-order valence-corrected chi connectivity index (χ2v) is 9.60. The Bertz CT molecular complexity index is 1370. The maximum absolute atomic E-state index is 12.8. The van der Waals surface area contributed by atoms with Crippen LogP contribution in [0, 0.1) is 5.92 Å². The largest absolute Gasteiger partial charge is 0.508 e. The van der Waals surface area contributed by atoms with Gasteiger partial charge in [0.1, 0.15) is 5.75 Å². The molecule has 1 fully saturated rings. The van der Waals surface area contributed by atoms with E-state index in [9.17, 15) is 9.50 Å². The number of nitrogens with zero attached hydrogens (tertiary/aromatic N) is 2. The third kappa shape index (κ3) is 3.90. The van der Waals surface area contributed by atoms with Gasteiger partial charge in [-0.2, -0.15) is 0 Å². The second kappa shape index (κ2) is 8.73. The zero-order valence-electron chi connectivity index (χ0n) is 19.1. The number of aromatic nitrogens is 2. The maximum atomic E-state index is 12.8. The molecule has 0 saturated carbocycles. The topological polar surface area (TPSA) is 52.2 Å². The molecule has 5 heteroatoms. The zero-order valence-corrected chi connectivity index (χ0v) is 19.1. The smallest absolute Gasteiger partial charge is 0.115 e. The highest BCUT2D eigenvalue weighted by atomic mass is 19.1. The predicted molar refractivity (Wildman–Crippen MR) is 134 cm³/mol. The molecule has 0 radical (unpaired) electrons. The number of hydrogen-bond donors (Lipinski definition) is 2. The van der Waals surface area contributed by atoms with Crippen LogP contribution in [-0.4, -0.2) is 39.7 Å². The molecule has 6 rings (SSSR count). The van der Waals surface area contributed by atoms with E-state index in [0.717, 1.165) is 55.7 Å². The van der Waals surface area contributed by atoms with E-state index >= 15 is 0 Å². The van der Waals surface area contributed by atoms with Crippen molar-refractivity contribution in [2.24, 2.45) is 5.92 Å². The maximum Gasteiger partial charge on any atom is 0.115 e. The Labute approximate surface area is 198 Å². The van der Waals surface area contributed by atoms with Crippen LogP contribution in [0.1, 0.15) is 40.8 Å². The molecule has 4 aromatic rings. The Morgan fingerprint density at radius 2 is 1.94 bits per heavy atom. The molecule has 4 nitrogen and oxygen atoms in total. The fourth-order valence-corrected chi connectivity index (χ4v) is 5.51. The van der Waals surface area contributed by atoms with Crippen LogP contribution < -0.4 is 0 Å². The number of benzene rings is 2. The van der Waals surface area contributed by atoms with Crippen LogP contribution in [0.15, 0.2) is 67.0 Å². The van der Waals surface area contributed by atoms with Crippen molar-refractivity contribution in [3.05, 3.63) is 94.9 Å². The highest BCUT2D eigenvalue weighted by Gasteiger charge is 2.27. The highest BCUT2D eigenvalue weighted by molar-refractivity contribution is 6.01. The standard InChI is InChI=1S/C29H28FN3O/c30-14-19-16-33(17-19)18-24-12-23-11-21(6-9-28(23)32-24)29-26(22-4-2-10-31-15-22)5-1-3-20-13-25(34)7-8-27(20)29/h2,4,6-13,15,19,32,34H,1,3,5,14,16-18H2. The molecule has 0 unspecified atom stereocenters. The summed E-state index contributed by atoms with van der Waals surface area (Å²) in [5.41, 5.74) is 9.48. The van der Waals surface area contributed by atoms with Crippen LogP contribution in [-0.2, 0) is 13.0 Å². The summed E-state index contributed by atoms with van der Waals surface area (Å²) in [7, 11) is 0. The van der Waals surface area contributed by atoms with Crippen LogP contribution >= 0.6 is 0 Å². The highest BCUT2D eigenvalue weighted by Crippen LogP contribution is 2.41. The first kappa shape index (κ1) is 21.1. The number of aryl methyl sites for hydroxylation is 1. The summed E-state index contributed by atoms with van der Waals surface area (Å²) in [6.45, 7) is 2.27. The lowest BCUT2D eigenvalue weighted by atomic mass is 9.88. The van der Waals surface area contributed by atoms with Crippen LogP contribution in [0.25, 0.3) is 22.0 Å². The van der Waals surface area contributed by atoms with Gasteiger partial charge in [0.05, 0.1) is 6.67 Å². The number of aromatic hydroxyl groups is 1. The average molecular weight is 454 g/mol. The summed E-state index contributed by atoms with van der Waals surface area (Å²) < 4.78 is 12.8. The van der Waals surface area contributed by atoms with E-state index in [4.69, 9.17) is 0 Å². The number of halogens is 1. The fourth-order valence-electron chi connectivity index (χ4n) is 5.51. The minimum Gasteiger partial charge on any atom is -0.508 e. The van der Waals surface area contributed by atoms with Crippen molar-refractivity contribution in [2.45, 2.75) is 25.8 Å². The van der Waals surface area contributed by atoms with E-state index in [1.165, 1.54) is 33.2 Å². The summed E-state index contributed by atoms with van der Waals surface area (Å²) >= 11 is 0. The van der Waals surface area contributed by atoms with Crippen molar-refractivity contribution in [3.63, 3.8) is 0 Å². The van der Waals surface area contributed by atoms with Crippen molar-refractivity contribution in [3.8, 4) is 5.75 Å². The van der Waals surface area contributed by atoms with Gasteiger partial charge in [-0.05, 0) is 89.1 Å². The summed E-state index contributed by atoms with van der Waals surface area (Å²) in [4.78, 5) is 10.2.